The van der Waals surface area contributed by atoms with Crippen molar-refractivity contribution in [2.24, 2.45) is 0 Å². The van der Waals surface area contributed by atoms with E-state index in [2.05, 4.69) is 10.6 Å². The maximum absolute atomic E-state index is 12.4. The van der Waals surface area contributed by atoms with Gasteiger partial charge in [0.05, 0.1) is 24.8 Å². The zero-order valence-corrected chi connectivity index (χ0v) is 13.9. The fourth-order valence-electron chi connectivity index (χ4n) is 2.69. The molecule has 1 aliphatic rings. The van der Waals surface area contributed by atoms with E-state index in [1.165, 1.54) is 0 Å². The number of carbonyl (C=O) groups is 1. The molecule has 6 heteroatoms. The predicted molar refractivity (Wildman–Crippen MR) is 86.0 cm³/mol. The number of hydrogen-bond donors (Lipinski definition) is 3. The predicted octanol–water partition coefficient (Wildman–Crippen LogP) is 1.35. The van der Waals surface area contributed by atoms with Crippen LogP contribution < -0.4 is 10.6 Å². The van der Waals surface area contributed by atoms with Gasteiger partial charge in [-0.2, -0.15) is 0 Å². The normalized spacial score (nSPS) is 22.4. The van der Waals surface area contributed by atoms with Crippen molar-refractivity contribution in [1.29, 1.82) is 0 Å². The van der Waals surface area contributed by atoms with Crippen molar-refractivity contribution in [3.8, 4) is 0 Å². The lowest BCUT2D eigenvalue weighted by atomic mass is 9.90. The van der Waals surface area contributed by atoms with Gasteiger partial charge in [0.15, 0.2) is 0 Å². The zero-order valence-electron chi connectivity index (χ0n) is 13.1. The Kier molecular flexibility index (Phi) is 5.45. The Morgan fingerprint density at radius 1 is 1.55 bits per heavy atom. The first-order chi connectivity index (χ1) is 10.3. The van der Waals surface area contributed by atoms with Crippen LogP contribution in [0, 0.1) is 6.92 Å². The molecule has 3 N–H and O–H groups in total. The molecule has 1 aromatic rings. The number of rotatable bonds is 4. The van der Waals surface area contributed by atoms with Gasteiger partial charge < -0.3 is 20.5 Å². The SMILES string of the molecule is Cc1cc(Cl)ccc1C(C)(C)NC(=O)[C@@H]1CN[C@H](CO)CO1. The number of ether oxygens (including phenoxy) is 1. The Morgan fingerprint density at radius 3 is 2.82 bits per heavy atom. The van der Waals surface area contributed by atoms with Crippen molar-refractivity contribution in [2.75, 3.05) is 19.8 Å². The Hall–Kier alpha value is -1.14. The summed E-state index contributed by atoms with van der Waals surface area (Å²) in [5, 5.41) is 15.8. The maximum Gasteiger partial charge on any atom is 0.251 e. The van der Waals surface area contributed by atoms with E-state index >= 15 is 0 Å². The summed E-state index contributed by atoms with van der Waals surface area (Å²) in [6, 6.07) is 5.53. The minimum Gasteiger partial charge on any atom is -0.395 e. The van der Waals surface area contributed by atoms with Crippen LogP contribution in [0.4, 0.5) is 0 Å². The van der Waals surface area contributed by atoms with Gasteiger partial charge in [0.1, 0.15) is 6.10 Å². The monoisotopic (exact) mass is 326 g/mol. The molecule has 0 saturated carbocycles. The first kappa shape index (κ1) is 17.2. The molecule has 0 aromatic heterocycles. The Balaban J connectivity index is 2.03. The molecule has 0 aliphatic carbocycles. The molecule has 0 bridgehead atoms. The molecule has 1 amide bonds. The lowest BCUT2D eigenvalue weighted by molar-refractivity contribution is -0.137. The second-order valence-corrected chi connectivity index (χ2v) is 6.62. The topological polar surface area (TPSA) is 70.6 Å². The van der Waals surface area contributed by atoms with Crippen molar-refractivity contribution in [3.05, 3.63) is 34.3 Å². The third kappa shape index (κ3) is 3.98. The molecule has 0 radical (unpaired) electrons. The largest absolute Gasteiger partial charge is 0.395 e. The minimum absolute atomic E-state index is 0.00377. The highest BCUT2D eigenvalue weighted by molar-refractivity contribution is 6.30. The molecule has 5 nitrogen and oxygen atoms in total. The lowest BCUT2D eigenvalue weighted by Crippen LogP contribution is -2.56. The molecule has 1 fully saturated rings. The summed E-state index contributed by atoms with van der Waals surface area (Å²) < 4.78 is 5.52. The van der Waals surface area contributed by atoms with E-state index in [1.54, 1.807) is 0 Å². The Bertz CT molecular complexity index is 540. The summed E-state index contributed by atoms with van der Waals surface area (Å²) in [6.45, 7) is 6.60. The van der Waals surface area contributed by atoms with Crippen molar-refractivity contribution in [1.82, 2.24) is 10.6 Å². The number of morpholine rings is 1. The standard InChI is InChI=1S/C16H23ClN2O3/c1-10-6-11(17)4-5-13(10)16(2,3)19-15(21)14-7-18-12(8-20)9-22-14/h4-6,12,14,18,20H,7-9H2,1-3H3,(H,19,21)/t12-,14+/m1/s1. The highest BCUT2D eigenvalue weighted by Gasteiger charge is 2.31. The smallest absolute Gasteiger partial charge is 0.251 e. The van der Waals surface area contributed by atoms with Crippen molar-refractivity contribution >= 4 is 17.5 Å². The first-order valence-electron chi connectivity index (χ1n) is 7.38. The minimum atomic E-state index is -0.547. The Morgan fingerprint density at radius 2 is 2.27 bits per heavy atom. The molecule has 0 unspecified atom stereocenters. The van der Waals surface area contributed by atoms with E-state index in [0.29, 0.717) is 18.2 Å². The quantitative estimate of drug-likeness (QED) is 0.781. The molecule has 0 spiro atoms. The summed E-state index contributed by atoms with van der Waals surface area (Å²) >= 11 is 5.99. The number of amides is 1. The molecular weight excluding hydrogens is 304 g/mol. The molecule has 22 heavy (non-hydrogen) atoms. The van der Waals surface area contributed by atoms with Crippen LogP contribution in [0.15, 0.2) is 18.2 Å². The summed E-state index contributed by atoms with van der Waals surface area (Å²) in [4.78, 5) is 12.4. The lowest BCUT2D eigenvalue weighted by Gasteiger charge is -2.33. The number of hydrogen-bond acceptors (Lipinski definition) is 4. The van der Waals surface area contributed by atoms with Gasteiger partial charge in [-0.15, -0.1) is 0 Å². The average molecular weight is 327 g/mol. The number of aryl methyl sites for hydroxylation is 1. The van der Waals surface area contributed by atoms with E-state index in [0.717, 1.165) is 11.1 Å². The van der Waals surface area contributed by atoms with Crippen LogP contribution in [0.3, 0.4) is 0 Å². The number of halogens is 1. The molecule has 2 rings (SSSR count). The number of carbonyl (C=O) groups excluding carboxylic acids is 1. The van der Waals surface area contributed by atoms with Crippen LogP contribution in [0.5, 0.6) is 0 Å². The van der Waals surface area contributed by atoms with Crippen LogP contribution in [-0.4, -0.2) is 42.9 Å². The summed E-state index contributed by atoms with van der Waals surface area (Å²) in [7, 11) is 0. The second kappa shape index (κ2) is 6.96. The van der Waals surface area contributed by atoms with Crippen molar-refractivity contribution in [2.45, 2.75) is 38.5 Å². The molecule has 1 aliphatic heterocycles. The van der Waals surface area contributed by atoms with Gasteiger partial charge in [-0.05, 0) is 44.0 Å². The molecule has 1 heterocycles. The van der Waals surface area contributed by atoms with Crippen LogP contribution in [0.25, 0.3) is 0 Å². The van der Waals surface area contributed by atoms with E-state index in [9.17, 15) is 4.79 Å². The van der Waals surface area contributed by atoms with Crippen molar-refractivity contribution < 1.29 is 14.6 Å². The van der Waals surface area contributed by atoms with Gasteiger partial charge in [0.25, 0.3) is 5.91 Å². The third-order valence-corrected chi connectivity index (χ3v) is 4.14. The summed E-state index contributed by atoms with van der Waals surface area (Å²) in [5.74, 6) is -0.164. The number of nitrogens with one attached hydrogen (secondary N) is 2. The van der Waals surface area contributed by atoms with E-state index in [-0.39, 0.29) is 18.6 Å². The van der Waals surface area contributed by atoms with Crippen LogP contribution >= 0.6 is 11.6 Å². The summed E-state index contributed by atoms with van der Waals surface area (Å²) in [6.07, 6.45) is -0.547. The van der Waals surface area contributed by atoms with Gasteiger partial charge in [-0.25, -0.2) is 0 Å². The molecule has 1 saturated heterocycles. The van der Waals surface area contributed by atoms with Gasteiger partial charge in [-0.1, -0.05) is 17.7 Å². The first-order valence-corrected chi connectivity index (χ1v) is 7.76. The highest BCUT2D eigenvalue weighted by atomic mass is 35.5. The van der Waals surface area contributed by atoms with E-state index in [4.69, 9.17) is 21.4 Å². The highest BCUT2D eigenvalue weighted by Crippen LogP contribution is 2.26. The fourth-order valence-corrected chi connectivity index (χ4v) is 2.92. The van der Waals surface area contributed by atoms with E-state index in [1.807, 2.05) is 39.0 Å². The molecular formula is C16H23ClN2O3. The van der Waals surface area contributed by atoms with Crippen LogP contribution in [-0.2, 0) is 15.1 Å². The molecule has 122 valence electrons. The number of aliphatic hydroxyl groups is 1. The van der Waals surface area contributed by atoms with Crippen LogP contribution in [0.2, 0.25) is 5.02 Å². The maximum atomic E-state index is 12.4. The second-order valence-electron chi connectivity index (χ2n) is 6.18. The summed E-state index contributed by atoms with van der Waals surface area (Å²) in [5.41, 5.74) is 1.52. The number of benzene rings is 1. The molecule has 1 aromatic carbocycles. The fraction of sp³-hybridized carbons (Fsp3) is 0.562. The van der Waals surface area contributed by atoms with E-state index < -0.39 is 11.6 Å². The Labute approximate surface area is 136 Å². The van der Waals surface area contributed by atoms with Crippen LogP contribution in [0.1, 0.15) is 25.0 Å². The zero-order chi connectivity index (χ0) is 16.3. The van der Waals surface area contributed by atoms with Crippen molar-refractivity contribution in [3.63, 3.8) is 0 Å². The van der Waals surface area contributed by atoms with Gasteiger partial charge in [0, 0.05) is 11.6 Å². The number of aliphatic hydroxyl groups excluding tert-OH is 1. The third-order valence-electron chi connectivity index (χ3n) is 3.90. The van der Waals surface area contributed by atoms with Gasteiger partial charge in [-0.3, -0.25) is 4.79 Å². The van der Waals surface area contributed by atoms with Gasteiger partial charge in [0.2, 0.25) is 0 Å². The average Bonchev–Trinajstić information content (AvgIpc) is 2.46. The van der Waals surface area contributed by atoms with Gasteiger partial charge >= 0.3 is 0 Å². The molecule has 2 atom stereocenters.